The molecule has 2 saturated carbocycles. The van der Waals surface area contributed by atoms with Gasteiger partial charge >= 0.3 is 0 Å². The second-order valence-electron chi connectivity index (χ2n) is 9.47. The summed E-state index contributed by atoms with van der Waals surface area (Å²) in [7, 11) is 0. The first-order chi connectivity index (χ1) is 15.8. The van der Waals surface area contributed by atoms with Crippen LogP contribution >= 0.6 is 0 Å². The highest BCUT2D eigenvalue weighted by molar-refractivity contribution is 5.99. The number of ether oxygens (including phenoxy) is 2. The number of hydrogen-bond acceptors (Lipinski definition) is 5. The van der Waals surface area contributed by atoms with Gasteiger partial charge in [0.25, 0.3) is 6.29 Å². The van der Waals surface area contributed by atoms with Gasteiger partial charge in [-0.05, 0) is 62.4 Å². The molecular formula is C28H32O5. The number of carbonyl (C=O) groups excluding carboxylic acids is 1. The highest BCUT2D eigenvalue weighted by atomic mass is 16.7. The van der Waals surface area contributed by atoms with Crippen molar-refractivity contribution in [3.8, 4) is 11.5 Å². The largest absolute Gasteiger partial charge is 0.452 e. The summed E-state index contributed by atoms with van der Waals surface area (Å²) >= 11 is 0. The Bertz CT molecular complexity index is 970. The lowest BCUT2D eigenvalue weighted by Crippen LogP contribution is -2.47. The fourth-order valence-electron chi connectivity index (χ4n) is 5.10. The molecule has 5 atom stereocenters. The van der Waals surface area contributed by atoms with E-state index in [4.69, 9.17) is 9.47 Å². The summed E-state index contributed by atoms with van der Waals surface area (Å²) < 4.78 is 12.1. The van der Waals surface area contributed by atoms with Gasteiger partial charge in [0.05, 0.1) is 6.10 Å². The Balaban J connectivity index is 1.52. The van der Waals surface area contributed by atoms with Gasteiger partial charge in [0.15, 0.2) is 5.78 Å². The van der Waals surface area contributed by atoms with E-state index in [0.717, 1.165) is 5.57 Å². The fraction of sp³-hybridized carbons (Fsp3) is 0.393. The number of ketones is 1. The summed E-state index contributed by atoms with van der Waals surface area (Å²) in [5.41, 5.74) is 0.274. The second-order valence-corrected chi connectivity index (χ2v) is 9.47. The Kier molecular flexibility index (Phi) is 6.73. The molecule has 2 aliphatic rings. The van der Waals surface area contributed by atoms with Crippen molar-refractivity contribution in [1.29, 1.82) is 0 Å². The van der Waals surface area contributed by atoms with E-state index in [1.165, 1.54) is 0 Å². The number of benzene rings is 2. The van der Waals surface area contributed by atoms with Crippen LogP contribution in [0, 0.1) is 17.8 Å². The van der Waals surface area contributed by atoms with Gasteiger partial charge in [-0.1, -0.05) is 54.6 Å². The summed E-state index contributed by atoms with van der Waals surface area (Å²) in [5, 5.41) is 22.1. The second kappa shape index (κ2) is 9.54. The third-order valence-electron chi connectivity index (χ3n) is 6.90. The molecule has 174 valence electrons. The van der Waals surface area contributed by atoms with Crippen molar-refractivity contribution >= 4 is 5.78 Å². The van der Waals surface area contributed by atoms with Gasteiger partial charge < -0.3 is 19.7 Å². The Morgan fingerprint density at radius 2 is 1.67 bits per heavy atom. The molecule has 0 heterocycles. The van der Waals surface area contributed by atoms with Gasteiger partial charge in [-0.25, -0.2) is 0 Å². The first-order valence-electron chi connectivity index (χ1n) is 11.5. The molecule has 5 heteroatoms. The zero-order chi connectivity index (χ0) is 23.6. The fourth-order valence-corrected chi connectivity index (χ4v) is 5.10. The Morgan fingerprint density at radius 1 is 1.12 bits per heavy atom. The summed E-state index contributed by atoms with van der Waals surface area (Å²) in [4.78, 5) is 12.4. The summed E-state index contributed by atoms with van der Waals surface area (Å²) in [6.07, 6.45) is 1.79. The number of para-hydroxylation sites is 2. The number of fused-ring (bicyclic) bond motifs is 1. The molecule has 0 bridgehead atoms. The molecule has 0 saturated heterocycles. The van der Waals surface area contributed by atoms with Crippen molar-refractivity contribution in [3.63, 3.8) is 0 Å². The quantitative estimate of drug-likeness (QED) is 0.348. The third-order valence-corrected chi connectivity index (χ3v) is 6.90. The standard InChI is InChI=1S/C28H32O5/c1-18(25-22-16-19(2)26(30)23(22)17-24(25)29)14-15-28(3,31)27(32-20-10-6-4-7-11-20)33-21-12-8-5-9-13-21/h4-14,22-25,27,29,31H,2,15-17H2,1,3H3/b18-14-/t22-,23+,24-,25-,28?/m1/s1. The normalized spacial score (nSPS) is 26.9. The lowest BCUT2D eigenvalue weighted by atomic mass is 9.84. The molecular weight excluding hydrogens is 416 g/mol. The van der Waals surface area contributed by atoms with E-state index >= 15 is 0 Å². The summed E-state index contributed by atoms with van der Waals surface area (Å²) in [6, 6.07) is 18.5. The smallest absolute Gasteiger partial charge is 0.269 e. The maximum absolute atomic E-state index is 12.4. The lowest BCUT2D eigenvalue weighted by Gasteiger charge is -2.33. The zero-order valence-electron chi connectivity index (χ0n) is 19.2. The summed E-state index contributed by atoms with van der Waals surface area (Å²) in [5.74, 6) is 1.11. The molecule has 0 aromatic heterocycles. The first-order valence-corrected chi connectivity index (χ1v) is 11.5. The van der Waals surface area contributed by atoms with Crippen molar-refractivity contribution in [2.24, 2.45) is 17.8 Å². The number of aliphatic hydroxyl groups excluding tert-OH is 1. The number of aliphatic hydroxyl groups is 2. The lowest BCUT2D eigenvalue weighted by molar-refractivity contribution is -0.142. The van der Waals surface area contributed by atoms with Crippen LogP contribution in [0.5, 0.6) is 11.5 Å². The predicted molar refractivity (Wildman–Crippen MR) is 127 cm³/mol. The van der Waals surface area contributed by atoms with E-state index in [2.05, 4.69) is 6.58 Å². The highest BCUT2D eigenvalue weighted by Crippen LogP contribution is 2.50. The average Bonchev–Trinajstić information content (AvgIpc) is 3.26. The number of carbonyl (C=O) groups is 1. The molecule has 2 aromatic rings. The molecule has 0 spiro atoms. The Hall–Kier alpha value is -2.89. The highest BCUT2D eigenvalue weighted by Gasteiger charge is 2.51. The zero-order valence-corrected chi connectivity index (χ0v) is 19.2. The molecule has 0 radical (unpaired) electrons. The van der Waals surface area contributed by atoms with Crippen LogP contribution in [0.3, 0.4) is 0 Å². The van der Waals surface area contributed by atoms with E-state index in [-0.39, 0.29) is 30.0 Å². The summed E-state index contributed by atoms with van der Waals surface area (Å²) in [6.45, 7) is 7.55. The molecule has 2 aliphatic carbocycles. The predicted octanol–water partition coefficient (Wildman–Crippen LogP) is 4.70. The third kappa shape index (κ3) is 5.05. The SMILES string of the molecule is C=C1C[C@H]2[C@@H](/C(C)=C\CC(C)(O)C(Oc3ccccc3)Oc3ccccc3)[C@H](O)C[C@@H]2C1=O. The monoisotopic (exact) mass is 448 g/mol. The molecule has 4 rings (SSSR count). The maximum atomic E-state index is 12.4. The average molecular weight is 449 g/mol. The molecule has 1 unspecified atom stereocenters. The minimum Gasteiger partial charge on any atom is -0.452 e. The Labute approximate surface area is 195 Å². The van der Waals surface area contributed by atoms with Crippen LogP contribution in [0.1, 0.15) is 33.1 Å². The van der Waals surface area contributed by atoms with Gasteiger partial charge in [0.1, 0.15) is 17.1 Å². The van der Waals surface area contributed by atoms with Gasteiger partial charge in [-0.15, -0.1) is 0 Å². The number of allylic oxidation sites excluding steroid dienone is 1. The number of hydrogen-bond donors (Lipinski definition) is 2. The van der Waals surface area contributed by atoms with Gasteiger partial charge in [0.2, 0.25) is 0 Å². The van der Waals surface area contributed by atoms with E-state index in [1.54, 1.807) is 6.92 Å². The van der Waals surface area contributed by atoms with Crippen LogP contribution < -0.4 is 9.47 Å². The van der Waals surface area contributed by atoms with Crippen molar-refractivity contribution in [1.82, 2.24) is 0 Å². The molecule has 0 aliphatic heterocycles. The van der Waals surface area contributed by atoms with Crippen LogP contribution in [0.25, 0.3) is 0 Å². The molecule has 33 heavy (non-hydrogen) atoms. The maximum Gasteiger partial charge on any atom is 0.269 e. The van der Waals surface area contributed by atoms with Crippen molar-refractivity contribution in [2.75, 3.05) is 0 Å². The van der Waals surface area contributed by atoms with Gasteiger partial charge in [-0.2, -0.15) is 0 Å². The van der Waals surface area contributed by atoms with Crippen LogP contribution in [-0.2, 0) is 4.79 Å². The van der Waals surface area contributed by atoms with Crippen LogP contribution in [0.2, 0.25) is 0 Å². The molecule has 5 nitrogen and oxygen atoms in total. The van der Waals surface area contributed by atoms with Crippen LogP contribution in [0.4, 0.5) is 0 Å². The number of Topliss-reactive ketones (excluding diaryl/α,β-unsaturated/α-hetero) is 1. The topological polar surface area (TPSA) is 76.0 Å². The van der Waals surface area contributed by atoms with Crippen molar-refractivity contribution in [2.45, 2.75) is 51.1 Å². The van der Waals surface area contributed by atoms with Crippen molar-refractivity contribution < 1.29 is 24.5 Å². The van der Waals surface area contributed by atoms with E-state index < -0.39 is 18.0 Å². The van der Waals surface area contributed by atoms with Crippen LogP contribution in [-0.4, -0.2) is 34.0 Å². The first kappa shape index (κ1) is 23.3. The van der Waals surface area contributed by atoms with Gasteiger partial charge in [-0.3, -0.25) is 4.79 Å². The van der Waals surface area contributed by atoms with E-state index in [1.807, 2.05) is 73.7 Å². The number of rotatable bonds is 8. The van der Waals surface area contributed by atoms with Gasteiger partial charge in [0, 0.05) is 18.3 Å². The van der Waals surface area contributed by atoms with E-state index in [0.29, 0.717) is 29.9 Å². The van der Waals surface area contributed by atoms with E-state index in [9.17, 15) is 15.0 Å². The molecule has 2 aromatic carbocycles. The Morgan fingerprint density at radius 3 is 2.21 bits per heavy atom. The van der Waals surface area contributed by atoms with Crippen LogP contribution in [0.15, 0.2) is 84.5 Å². The van der Waals surface area contributed by atoms with Crippen molar-refractivity contribution in [3.05, 3.63) is 84.5 Å². The minimum absolute atomic E-state index is 0.0816. The minimum atomic E-state index is -1.36. The molecule has 2 N–H and O–H groups in total. The molecule has 2 fully saturated rings. The molecule has 0 amide bonds.